The van der Waals surface area contributed by atoms with E-state index in [9.17, 15) is 13.2 Å². The number of ether oxygens (including phenoxy) is 1. The molecule has 0 fully saturated rings. The molecule has 1 aromatic heterocycles. The summed E-state index contributed by atoms with van der Waals surface area (Å²) < 4.78 is 45.4. The summed E-state index contributed by atoms with van der Waals surface area (Å²) in [7, 11) is 0. The van der Waals surface area contributed by atoms with Gasteiger partial charge < -0.3 is 20.1 Å². The molecule has 0 saturated carbocycles. The monoisotopic (exact) mass is 336 g/mol. The van der Waals surface area contributed by atoms with Gasteiger partial charge >= 0.3 is 6.36 Å². The molecule has 0 aliphatic rings. The highest BCUT2D eigenvalue weighted by molar-refractivity contribution is 5.98. The summed E-state index contributed by atoms with van der Waals surface area (Å²) in [4.78, 5) is 0. The number of oxime groups is 1. The number of rotatable bonds is 3. The Morgan fingerprint density at radius 1 is 1.27 bits per heavy atom. The van der Waals surface area contributed by atoms with E-state index in [1.807, 2.05) is 0 Å². The number of nitrogens with zero attached hydrogens (tertiary/aromatic N) is 1. The third kappa shape index (κ3) is 4.08. The van der Waals surface area contributed by atoms with Crippen molar-refractivity contribution >= 4 is 18.2 Å². The van der Waals surface area contributed by atoms with Crippen molar-refractivity contribution in [3.05, 3.63) is 41.7 Å². The van der Waals surface area contributed by atoms with Crippen molar-refractivity contribution < 1.29 is 27.5 Å². The van der Waals surface area contributed by atoms with E-state index in [4.69, 9.17) is 15.4 Å². The van der Waals surface area contributed by atoms with E-state index in [2.05, 4.69) is 9.89 Å². The Labute approximate surface area is 129 Å². The predicted octanol–water partition coefficient (Wildman–Crippen LogP) is 3.67. The Kier molecular flexibility index (Phi) is 5.32. The molecule has 5 nitrogen and oxygen atoms in total. The number of furan rings is 1. The SMILES string of the molecule is Cc1oc(-c2ccc(OC(F)(F)F)cc2)cc1/C(N)=N/O.Cl. The number of hydrogen-bond acceptors (Lipinski definition) is 4. The van der Waals surface area contributed by atoms with E-state index >= 15 is 0 Å². The maximum atomic E-state index is 12.1. The van der Waals surface area contributed by atoms with E-state index in [1.54, 1.807) is 6.92 Å². The molecule has 2 rings (SSSR count). The Morgan fingerprint density at radius 3 is 2.36 bits per heavy atom. The van der Waals surface area contributed by atoms with Crippen LogP contribution in [0.15, 0.2) is 39.9 Å². The highest BCUT2D eigenvalue weighted by Gasteiger charge is 2.31. The molecular weight excluding hydrogens is 325 g/mol. The number of benzene rings is 1. The minimum absolute atomic E-state index is 0. The number of amidine groups is 1. The Balaban J connectivity index is 0.00000242. The van der Waals surface area contributed by atoms with E-state index < -0.39 is 6.36 Å². The molecule has 1 heterocycles. The van der Waals surface area contributed by atoms with Crippen molar-refractivity contribution in [1.82, 2.24) is 0 Å². The fraction of sp³-hybridized carbons (Fsp3) is 0.154. The minimum Gasteiger partial charge on any atom is -0.461 e. The van der Waals surface area contributed by atoms with Gasteiger partial charge in [0.2, 0.25) is 0 Å². The van der Waals surface area contributed by atoms with Crippen LogP contribution in [0.3, 0.4) is 0 Å². The topological polar surface area (TPSA) is 81.0 Å². The largest absolute Gasteiger partial charge is 0.573 e. The Bertz CT molecular complexity index is 666. The quantitative estimate of drug-likeness (QED) is 0.388. The summed E-state index contributed by atoms with van der Waals surface area (Å²) in [5, 5.41) is 11.5. The van der Waals surface area contributed by atoms with Gasteiger partial charge in [0.1, 0.15) is 17.3 Å². The average molecular weight is 337 g/mol. The Morgan fingerprint density at radius 2 is 1.86 bits per heavy atom. The first kappa shape index (κ1) is 17.7. The van der Waals surface area contributed by atoms with Gasteiger partial charge in [0.25, 0.3) is 0 Å². The molecule has 0 atom stereocenters. The molecule has 0 radical (unpaired) electrons. The van der Waals surface area contributed by atoms with Crippen LogP contribution in [-0.2, 0) is 0 Å². The lowest BCUT2D eigenvalue weighted by Gasteiger charge is -2.08. The molecule has 1 aromatic carbocycles. The van der Waals surface area contributed by atoms with Crippen LogP contribution in [0.25, 0.3) is 11.3 Å². The van der Waals surface area contributed by atoms with Crippen molar-refractivity contribution in [3.8, 4) is 17.1 Å². The second kappa shape index (κ2) is 6.61. The maximum absolute atomic E-state index is 12.1. The summed E-state index contributed by atoms with van der Waals surface area (Å²) in [5.41, 5.74) is 6.41. The maximum Gasteiger partial charge on any atom is 0.573 e. The minimum atomic E-state index is -4.73. The zero-order valence-corrected chi connectivity index (χ0v) is 12.0. The number of hydrogen-bond donors (Lipinski definition) is 2. The number of alkyl halides is 3. The first-order valence-electron chi connectivity index (χ1n) is 5.74. The van der Waals surface area contributed by atoms with Crippen LogP contribution in [0.5, 0.6) is 5.75 Å². The molecule has 3 N–H and O–H groups in total. The van der Waals surface area contributed by atoms with Gasteiger partial charge in [0.05, 0.1) is 5.56 Å². The summed E-state index contributed by atoms with van der Waals surface area (Å²) in [6.45, 7) is 1.62. The summed E-state index contributed by atoms with van der Waals surface area (Å²) >= 11 is 0. The highest BCUT2D eigenvalue weighted by atomic mass is 35.5. The number of nitrogens with two attached hydrogens (primary N) is 1. The van der Waals surface area contributed by atoms with Crippen LogP contribution in [0, 0.1) is 6.92 Å². The number of halogens is 4. The number of aryl methyl sites for hydroxylation is 1. The van der Waals surface area contributed by atoms with Crippen LogP contribution in [0.1, 0.15) is 11.3 Å². The lowest BCUT2D eigenvalue weighted by Crippen LogP contribution is -2.16. The summed E-state index contributed by atoms with van der Waals surface area (Å²) in [6.07, 6.45) is -4.73. The molecule has 0 aliphatic carbocycles. The fourth-order valence-corrected chi connectivity index (χ4v) is 1.75. The molecule has 22 heavy (non-hydrogen) atoms. The van der Waals surface area contributed by atoms with Gasteiger partial charge in [0, 0.05) is 5.56 Å². The smallest absolute Gasteiger partial charge is 0.461 e. The molecule has 0 unspecified atom stereocenters. The van der Waals surface area contributed by atoms with E-state index in [0.717, 1.165) is 0 Å². The van der Waals surface area contributed by atoms with Gasteiger partial charge in [-0.2, -0.15) is 0 Å². The third-order valence-corrected chi connectivity index (χ3v) is 2.67. The van der Waals surface area contributed by atoms with Crippen LogP contribution in [0.2, 0.25) is 0 Å². The summed E-state index contributed by atoms with van der Waals surface area (Å²) in [5.74, 6) is 0.370. The van der Waals surface area contributed by atoms with Gasteiger partial charge in [-0.3, -0.25) is 0 Å². The first-order valence-corrected chi connectivity index (χ1v) is 5.74. The van der Waals surface area contributed by atoms with Crippen molar-refractivity contribution in [2.45, 2.75) is 13.3 Å². The van der Waals surface area contributed by atoms with Gasteiger partial charge in [-0.1, -0.05) is 5.16 Å². The average Bonchev–Trinajstić information content (AvgIpc) is 2.79. The second-order valence-electron chi connectivity index (χ2n) is 4.14. The molecule has 0 aliphatic heterocycles. The first-order chi connectivity index (χ1) is 9.80. The fourth-order valence-electron chi connectivity index (χ4n) is 1.75. The molecule has 9 heteroatoms. The predicted molar refractivity (Wildman–Crippen MR) is 75.3 cm³/mol. The molecule has 120 valence electrons. The molecule has 0 amide bonds. The van der Waals surface area contributed by atoms with E-state index in [-0.39, 0.29) is 24.0 Å². The van der Waals surface area contributed by atoms with Crippen LogP contribution in [0.4, 0.5) is 13.2 Å². The standard InChI is InChI=1S/C13H11F3N2O3.ClH/c1-7-10(12(17)18-19)6-11(20-7)8-2-4-9(5-3-8)21-13(14,15)16;/h2-6,19H,1H3,(H2,17,18);1H. The highest BCUT2D eigenvalue weighted by Crippen LogP contribution is 2.29. The molecule has 0 saturated heterocycles. The molecule has 0 bridgehead atoms. The molecular formula is C13H12ClF3N2O3. The van der Waals surface area contributed by atoms with Crippen molar-refractivity contribution in [2.24, 2.45) is 10.9 Å². The Hall–Kier alpha value is -2.35. The third-order valence-electron chi connectivity index (χ3n) is 2.67. The van der Waals surface area contributed by atoms with Gasteiger partial charge in [-0.25, -0.2) is 0 Å². The lowest BCUT2D eigenvalue weighted by molar-refractivity contribution is -0.274. The van der Waals surface area contributed by atoms with Gasteiger partial charge in [-0.15, -0.1) is 25.6 Å². The van der Waals surface area contributed by atoms with Crippen LogP contribution in [-0.4, -0.2) is 17.4 Å². The van der Waals surface area contributed by atoms with Crippen molar-refractivity contribution in [2.75, 3.05) is 0 Å². The van der Waals surface area contributed by atoms with Crippen molar-refractivity contribution in [1.29, 1.82) is 0 Å². The zero-order valence-electron chi connectivity index (χ0n) is 11.2. The zero-order chi connectivity index (χ0) is 15.6. The summed E-state index contributed by atoms with van der Waals surface area (Å²) in [6, 6.07) is 6.70. The second-order valence-corrected chi connectivity index (χ2v) is 4.14. The van der Waals surface area contributed by atoms with Crippen LogP contribution >= 0.6 is 12.4 Å². The van der Waals surface area contributed by atoms with E-state index in [0.29, 0.717) is 22.6 Å². The van der Waals surface area contributed by atoms with E-state index in [1.165, 1.54) is 30.3 Å². The lowest BCUT2D eigenvalue weighted by atomic mass is 10.1. The normalized spacial score (nSPS) is 11.9. The van der Waals surface area contributed by atoms with Crippen molar-refractivity contribution in [3.63, 3.8) is 0 Å². The van der Waals surface area contributed by atoms with Crippen LogP contribution < -0.4 is 10.5 Å². The van der Waals surface area contributed by atoms with Gasteiger partial charge in [0.15, 0.2) is 5.84 Å². The molecule has 2 aromatic rings. The molecule has 0 spiro atoms. The van der Waals surface area contributed by atoms with Gasteiger partial charge in [-0.05, 0) is 37.3 Å².